The molecular weight excluding hydrogens is 498 g/mol. The normalized spacial score (nSPS) is 15.3. The molecule has 1 atom stereocenters. The van der Waals surface area contributed by atoms with Crippen molar-refractivity contribution in [3.05, 3.63) is 74.3 Å². The van der Waals surface area contributed by atoms with Crippen molar-refractivity contribution in [2.45, 2.75) is 32.7 Å². The second-order valence-electron chi connectivity index (χ2n) is 8.33. The lowest BCUT2D eigenvalue weighted by molar-refractivity contribution is -0.491. The number of Topliss-reactive ketones (excluding diaryl/α,β-unsaturated/α-hetero) is 1. The van der Waals surface area contributed by atoms with Crippen LogP contribution in [0.1, 0.15) is 41.5 Å². The van der Waals surface area contributed by atoms with Crippen molar-refractivity contribution >= 4 is 34.7 Å². The van der Waals surface area contributed by atoms with E-state index in [2.05, 4.69) is 9.97 Å². The van der Waals surface area contributed by atoms with Gasteiger partial charge in [-0.15, -0.1) is 0 Å². The number of nitrogens with zero attached hydrogens (tertiary/aromatic N) is 4. The van der Waals surface area contributed by atoms with E-state index in [-0.39, 0.29) is 34.3 Å². The predicted octanol–water partition coefficient (Wildman–Crippen LogP) is 5.02. The number of ether oxygens (including phenoxy) is 1. The Kier molecular flexibility index (Phi) is 6.44. The quantitative estimate of drug-likeness (QED) is 0.265. The van der Waals surface area contributed by atoms with E-state index in [9.17, 15) is 24.1 Å². The molecule has 1 aliphatic rings. The van der Waals surface area contributed by atoms with Gasteiger partial charge < -0.3 is 4.74 Å². The zero-order valence-electron chi connectivity index (χ0n) is 19.5. The Morgan fingerprint density at radius 1 is 1.17 bits per heavy atom. The maximum absolute atomic E-state index is 16.4. The molecule has 2 aromatic carbocycles. The van der Waals surface area contributed by atoms with Crippen LogP contribution < -0.4 is 9.64 Å². The van der Waals surface area contributed by atoms with Gasteiger partial charge in [-0.1, -0.05) is 31.5 Å². The molecule has 36 heavy (non-hydrogen) atoms. The molecule has 0 spiro atoms. The lowest BCUT2D eigenvalue weighted by Gasteiger charge is -2.33. The van der Waals surface area contributed by atoms with E-state index < -0.39 is 56.1 Å². The number of ketones is 1. The Balaban J connectivity index is 2.16. The van der Waals surface area contributed by atoms with Gasteiger partial charge in [-0.25, -0.2) is 18.7 Å². The van der Waals surface area contributed by atoms with Gasteiger partial charge >= 0.3 is 11.9 Å². The van der Waals surface area contributed by atoms with Crippen LogP contribution in [0.2, 0.25) is 5.02 Å². The number of rotatable bonds is 5. The summed E-state index contributed by atoms with van der Waals surface area (Å²) in [5, 5.41) is 11.4. The molecule has 9 nitrogen and oxygen atoms in total. The number of hydrogen-bond acceptors (Lipinski definition) is 7. The van der Waals surface area contributed by atoms with Gasteiger partial charge in [0.2, 0.25) is 5.78 Å². The molecule has 4 rings (SSSR count). The van der Waals surface area contributed by atoms with E-state index in [1.165, 1.54) is 32.5 Å². The van der Waals surface area contributed by atoms with Crippen LogP contribution in [0.25, 0.3) is 11.1 Å². The molecule has 0 saturated heterocycles. The number of carbonyl (C=O) groups is 2. The third-order valence-corrected chi connectivity index (χ3v) is 6.14. The van der Waals surface area contributed by atoms with Gasteiger partial charge in [0.15, 0.2) is 5.82 Å². The van der Waals surface area contributed by atoms with Crippen LogP contribution in [0.4, 0.5) is 20.2 Å². The average Bonchev–Trinajstić information content (AvgIpc) is 2.81. The summed E-state index contributed by atoms with van der Waals surface area (Å²) < 4.78 is 36.5. The summed E-state index contributed by atoms with van der Waals surface area (Å²) in [5.74, 6) is -5.02. The number of nitro groups is 1. The number of benzene rings is 2. The molecule has 0 aliphatic carbocycles. The van der Waals surface area contributed by atoms with Gasteiger partial charge in [0, 0.05) is 10.5 Å². The fourth-order valence-electron chi connectivity index (χ4n) is 4.25. The molecule has 0 radical (unpaired) electrons. The molecule has 3 aromatic rings. The van der Waals surface area contributed by atoms with Crippen LogP contribution >= 0.6 is 11.6 Å². The Labute approximate surface area is 208 Å². The van der Waals surface area contributed by atoms with Gasteiger partial charge in [-0.05, 0) is 31.0 Å². The van der Waals surface area contributed by atoms with Crippen LogP contribution in [0.15, 0.2) is 30.6 Å². The monoisotopic (exact) mass is 516 g/mol. The number of anilines is 2. The number of amides is 1. The maximum Gasteiger partial charge on any atom is 0.352 e. The van der Waals surface area contributed by atoms with Crippen molar-refractivity contribution in [2.75, 3.05) is 12.0 Å². The second kappa shape index (κ2) is 9.23. The fourth-order valence-corrected chi connectivity index (χ4v) is 4.53. The van der Waals surface area contributed by atoms with E-state index in [4.69, 9.17) is 16.3 Å². The van der Waals surface area contributed by atoms with Crippen molar-refractivity contribution in [1.82, 2.24) is 9.97 Å². The molecule has 1 unspecified atom stereocenters. The van der Waals surface area contributed by atoms with Crippen molar-refractivity contribution in [3.63, 3.8) is 0 Å². The van der Waals surface area contributed by atoms with E-state index in [0.29, 0.717) is 0 Å². The summed E-state index contributed by atoms with van der Waals surface area (Å²) in [6.45, 7) is 5.03. The first-order valence-electron chi connectivity index (χ1n) is 10.7. The first-order valence-corrected chi connectivity index (χ1v) is 11.1. The highest BCUT2D eigenvalue weighted by Gasteiger charge is 2.51. The number of fused-ring (bicyclic) bond motifs is 1. The van der Waals surface area contributed by atoms with Gasteiger partial charge in [-0.2, -0.15) is 0 Å². The Morgan fingerprint density at radius 3 is 2.47 bits per heavy atom. The maximum atomic E-state index is 16.4. The van der Waals surface area contributed by atoms with Crippen molar-refractivity contribution in [3.8, 4) is 16.9 Å². The first-order chi connectivity index (χ1) is 17.0. The highest BCUT2D eigenvalue weighted by atomic mass is 35.5. The fraction of sp³-hybridized carbons (Fsp3) is 0.250. The molecule has 0 N–H and O–H groups in total. The van der Waals surface area contributed by atoms with Crippen molar-refractivity contribution < 1.29 is 28.0 Å². The zero-order chi connectivity index (χ0) is 26.5. The summed E-state index contributed by atoms with van der Waals surface area (Å²) in [6.07, 6.45) is 1.24. The number of halogens is 3. The summed E-state index contributed by atoms with van der Waals surface area (Å²) >= 11 is 6.33. The first kappa shape index (κ1) is 25.1. The summed E-state index contributed by atoms with van der Waals surface area (Å²) in [7, 11) is 1.25. The Morgan fingerprint density at radius 2 is 1.86 bits per heavy atom. The molecule has 0 fully saturated rings. The number of carbonyl (C=O) groups excluding carboxylic acids is 2. The molecule has 12 heteroatoms. The van der Waals surface area contributed by atoms with Crippen LogP contribution in [-0.4, -0.2) is 39.7 Å². The Hall–Kier alpha value is -3.99. The second-order valence-corrected chi connectivity index (χ2v) is 8.74. The smallest absolute Gasteiger partial charge is 0.352 e. The number of hydrogen-bond donors (Lipinski definition) is 0. The average molecular weight is 517 g/mol. The molecular formula is C24H19ClF2N4O5. The van der Waals surface area contributed by atoms with E-state index in [1.54, 1.807) is 13.8 Å². The van der Waals surface area contributed by atoms with Gasteiger partial charge in [0.1, 0.15) is 17.9 Å². The summed E-state index contributed by atoms with van der Waals surface area (Å²) in [6, 6.07) is 2.45. The van der Waals surface area contributed by atoms with E-state index in [0.717, 1.165) is 17.0 Å². The summed E-state index contributed by atoms with van der Waals surface area (Å²) in [5.41, 5.74) is -1.43. The number of aryl methyl sites for hydroxylation is 1. The lowest BCUT2D eigenvalue weighted by atomic mass is 9.90. The molecule has 1 amide bonds. The third-order valence-electron chi connectivity index (χ3n) is 5.84. The van der Waals surface area contributed by atoms with E-state index >= 15 is 4.39 Å². The third kappa shape index (κ3) is 3.76. The van der Waals surface area contributed by atoms with Crippen molar-refractivity contribution in [2.24, 2.45) is 0 Å². The minimum Gasteiger partial charge on any atom is -0.496 e. The number of aromatic nitrogens is 2. The van der Waals surface area contributed by atoms with Crippen molar-refractivity contribution in [1.29, 1.82) is 0 Å². The molecule has 186 valence electrons. The Bertz CT molecular complexity index is 1450. The van der Waals surface area contributed by atoms with Crippen LogP contribution in [0.5, 0.6) is 5.75 Å². The molecule has 0 saturated carbocycles. The number of methoxy groups -OCH3 is 1. The summed E-state index contributed by atoms with van der Waals surface area (Å²) in [4.78, 5) is 46.2. The van der Waals surface area contributed by atoms with Gasteiger partial charge in [0.25, 0.3) is 0 Å². The highest BCUT2D eigenvalue weighted by molar-refractivity contribution is 6.35. The van der Waals surface area contributed by atoms with Gasteiger partial charge in [0.05, 0.1) is 46.0 Å². The van der Waals surface area contributed by atoms with Crippen LogP contribution in [0, 0.1) is 28.7 Å². The highest BCUT2D eigenvalue weighted by Crippen LogP contribution is 2.48. The van der Waals surface area contributed by atoms with Crippen LogP contribution in [-0.2, 0) is 4.79 Å². The largest absolute Gasteiger partial charge is 0.496 e. The lowest BCUT2D eigenvalue weighted by Crippen LogP contribution is -2.51. The SMILES string of the molecule is COc1cccc(F)c1-c1c(Cl)cc2c(c1F)N(c1c(C)ncnc1C(C)C)C(=O)C([N+](=O)[O-])C2=O. The standard InChI is InChI=1S/C24H19ClF2N4O5/c1-10(2)19-20(11(3)28-9-29-19)30-21-12(23(32)22(24(30)33)31(34)35)8-13(25)16(18(21)27)17-14(26)6-5-7-15(17)36-4/h5-10,22H,1-4H3. The molecule has 0 bridgehead atoms. The molecule has 2 heterocycles. The minimum absolute atomic E-state index is 0.00855. The van der Waals surface area contributed by atoms with E-state index in [1.807, 2.05) is 0 Å². The minimum atomic E-state index is -2.35. The predicted molar refractivity (Wildman–Crippen MR) is 126 cm³/mol. The van der Waals surface area contributed by atoms with Gasteiger partial charge in [-0.3, -0.25) is 24.6 Å². The zero-order valence-corrected chi connectivity index (χ0v) is 20.3. The van der Waals surface area contributed by atoms with Crippen LogP contribution in [0.3, 0.4) is 0 Å². The molecule has 1 aliphatic heterocycles. The topological polar surface area (TPSA) is 116 Å². The molecule has 1 aromatic heterocycles.